The molecular formula is C17H15ClN2O3. The van der Waals surface area contributed by atoms with Gasteiger partial charge in [-0.3, -0.25) is 4.79 Å². The molecule has 0 amide bonds. The first kappa shape index (κ1) is 15.5. The van der Waals surface area contributed by atoms with Crippen LogP contribution in [0.2, 0.25) is 5.02 Å². The third-order valence-corrected chi connectivity index (χ3v) is 3.77. The Hall–Kier alpha value is -2.37. The average molecular weight is 331 g/mol. The van der Waals surface area contributed by atoms with Crippen LogP contribution in [0.4, 0.5) is 5.69 Å². The maximum atomic E-state index is 12.6. The molecular weight excluding hydrogens is 316 g/mol. The largest absolute Gasteiger partial charge is 0.432 e. The first-order valence-electron chi connectivity index (χ1n) is 6.99. The molecule has 0 aliphatic heterocycles. The zero-order chi connectivity index (χ0) is 16.6. The second kappa shape index (κ2) is 6.02. The highest BCUT2D eigenvalue weighted by molar-refractivity contribution is 6.30. The zero-order valence-corrected chi connectivity index (χ0v) is 13.5. The van der Waals surface area contributed by atoms with Crippen molar-refractivity contribution in [3.8, 4) is 0 Å². The smallest absolute Gasteiger partial charge is 0.230 e. The fourth-order valence-electron chi connectivity index (χ4n) is 2.51. The Kier molecular flexibility index (Phi) is 4.07. The van der Waals surface area contributed by atoms with E-state index in [0.29, 0.717) is 28.3 Å². The van der Waals surface area contributed by atoms with E-state index in [9.17, 15) is 4.79 Å². The molecule has 0 unspecified atom stereocenters. The summed E-state index contributed by atoms with van der Waals surface area (Å²) in [7, 11) is 1.59. The van der Waals surface area contributed by atoms with Gasteiger partial charge in [-0.1, -0.05) is 11.6 Å². The predicted octanol–water partition coefficient (Wildman–Crippen LogP) is 3.75. The lowest BCUT2D eigenvalue weighted by molar-refractivity contribution is 0.101. The molecule has 23 heavy (non-hydrogen) atoms. The minimum Gasteiger partial charge on any atom is -0.432 e. The van der Waals surface area contributed by atoms with Gasteiger partial charge < -0.3 is 14.9 Å². The Labute approximate surface area is 138 Å². The van der Waals surface area contributed by atoms with Gasteiger partial charge in [0.25, 0.3) is 0 Å². The monoisotopic (exact) mass is 330 g/mol. The normalized spacial score (nSPS) is 11.1. The van der Waals surface area contributed by atoms with E-state index >= 15 is 0 Å². The Bertz CT molecular complexity index is 885. The number of furan rings is 1. The standard InChI is InChI=1S/C17H15ClN2O3/c1-9-7-11(8-22-2)13-14(19)16(23-17(13)20-9)15(21)10-3-5-12(18)6-4-10/h3-7H,8,19H2,1-2H3. The number of anilines is 1. The quantitative estimate of drug-likeness (QED) is 0.737. The molecule has 1 aromatic carbocycles. The number of nitrogens with two attached hydrogens (primary N) is 1. The summed E-state index contributed by atoms with van der Waals surface area (Å²) in [6.45, 7) is 2.20. The van der Waals surface area contributed by atoms with Crippen LogP contribution in [0.1, 0.15) is 27.4 Å². The highest BCUT2D eigenvalue weighted by Gasteiger charge is 2.23. The number of hydrogen-bond donors (Lipinski definition) is 1. The summed E-state index contributed by atoms with van der Waals surface area (Å²) in [5, 5.41) is 1.17. The number of benzene rings is 1. The van der Waals surface area contributed by atoms with Crippen LogP contribution in [0, 0.1) is 6.92 Å². The van der Waals surface area contributed by atoms with Crippen LogP contribution < -0.4 is 5.73 Å². The summed E-state index contributed by atoms with van der Waals surface area (Å²) in [4.78, 5) is 16.9. The number of aryl methyl sites for hydroxylation is 1. The summed E-state index contributed by atoms with van der Waals surface area (Å²) in [5.41, 5.74) is 8.83. The molecule has 2 heterocycles. The number of carbonyl (C=O) groups excluding carboxylic acids is 1. The number of hydrogen-bond acceptors (Lipinski definition) is 5. The third-order valence-electron chi connectivity index (χ3n) is 3.52. The van der Waals surface area contributed by atoms with Gasteiger partial charge in [-0.25, -0.2) is 4.98 Å². The lowest BCUT2D eigenvalue weighted by Gasteiger charge is -2.03. The van der Waals surface area contributed by atoms with Crippen molar-refractivity contribution in [3.63, 3.8) is 0 Å². The molecule has 0 spiro atoms. The fourth-order valence-corrected chi connectivity index (χ4v) is 2.63. The number of ketones is 1. The second-order valence-corrected chi connectivity index (χ2v) is 5.65. The number of nitrogen functional groups attached to an aromatic ring is 1. The molecule has 118 valence electrons. The van der Waals surface area contributed by atoms with Gasteiger partial charge in [0.15, 0.2) is 0 Å². The van der Waals surface area contributed by atoms with Gasteiger partial charge in [-0.2, -0.15) is 0 Å². The number of fused-ring (bicyclic) bond motifs is 1. The van der Waals surface area contributed by atoms with E-state index in [1.54, 1.807) is 31.4 Å². The molecule has 0 bridgehead atoms. The molecule has 3 rings (SSSR count). The Morgan fingerprint density at radius 1 is 1.35 bits per heavy atom. The van der Waals surface area contributed by atoms with Crippen LogP contribution in [0.3, 0.4) is 0 Å². The van der Waals surface area contributed by atoms with Crippen molar-refractivity contribution in [2.24, 2.45) is 0 Å². The van der Waals surface area contributed by atoms with Crippen molar-refractivity contribution in [3.05, 3.63) is 57.9 Å². The maximum absolute atomic E-state index is 12.6. The molecule has 0 radical (unpaired) electrons. The van der Waals surface area contributed by atoms with Gasteiger partial charge in [-0.05, 0) is 42.8 Å². The van der Waals surface area contributed by atoms with Crippen LogP contribution in [-0.4, -0.2) is 17.9 Å². The van der Waals surface area contributed by atoms with Gasteiger partial charge in [-0.15, -0.1) is 0 Å². The summed E-state index contributed by atoms with van der Waals surface area (Å²) in [5.74, 6) is -0.226. The van der Waals surface area contributed by atoms with Crippen LogP contribution in [0.25, 0.3) is 11.1 Å². The van der Waals surface area contributed by atoms with Gasteiger partial charge in [0, 0.05) is 23.4 Å². The Morgan fingerprint density at radius 2 is 2.04 bits per heavy atom. The van der Waals surface area contributed by atoms with Crippen molar-refractivity contribution in [1.82, 2.24) is 4.98 Å². The Balaban J connectivity index is 2.15. The number of rotatable bonds is 4. The van der Waals surface area contributed by atoms with Crippen molar-refractivity contribution in [2.45, 2.75) is 13.5 Å². The molecule has 5 nitrogen and oxygen atoms in total. The molecule has 0 saturated carbocycles. The zero-order valence-electron chi connectivity index (χ0n) is 12.7. The van der Waals surface area contributed by atoms with E-state index in [-0.39, 0.29) is 17.2 Å². The van der Waals surface area contributed by atoms with Gasteiger partial charge >= 0.3 is 0 Å². The van der Waals surface area contributed by atoms with E-state index in [0.717, 1.165) is 11.3 Å². The predicted molar refractivity (Wildman–Crippen MR) is 88.8 cm³/mol. The topological polar surface area (TPSA) is 78.4 Å². The first-order chi connectivity index (χ1) is 11.0. The van der Waals surface area contributed by atoms with Gasteiger partial charge in [0.05, 0.1) is 17.7 Å². The van der Waals surface area contributed by atoms with Gasteiger partial charge in [0.2, 0.25) is 17.3 Å². The summed E-state index contributed by atoms with van der Waals surface area (Å²) in [6, 6.07) is 8.42. The minimum absolute atomic E-state index is 0.0813. The minimum atomic E-state index is -0.307. The molecule has 3 aromatic rings. The van der Waals surface area contributed by atoms with E-state index in [1.165, 1.54) is 0 Å². The molecule has 0 aliphatic carbocycles. The van der Waals surface area contributed by atoms with Crippen molar-refractivity contribution >= 4 is 34.2 Å². The molecule has 0 atom stereocenters. The highest BCUT2D eigenvalue weighted by atomic mass is 35.5. The first-order valence-corrected chi connectivity index (χ1v) is 7.36. The Morgan fingerprint density at radius 3 is 2.70 bits per heavy atom. The number of aromatic nitrogens is 1. The summed E-state index contributed by atoms with van der Waals surface area (Å²) in [6.07, 6.45) is 0. The SMILES string of the molecule is COCc1cc(C)nc2oc(C(=O)c3ccc(Cl)cc3)c(N)c12. The van der Waals surface area contributed by atoms with Crippen molar-refractivity contribution in [1.29, 1.82) is 0 Å². The number of ether oxygens (including phenoxy) is 1. The highest BCUT2D eigenvalue weighted by Crippen LogP contribution is 2.32. The van der Waals surface area contributed by atoms with Crippen molar-refractivity contribution < 1.29 is 13.9 Å². The summed E-state index contributed by atoms with van der Waals surface area (Å²) >= 11 is 5.85. The van der Waals surface area contributed by atoms with E-state index in [1.807, 2.05) is 13.0 Å². The van der Waals surface area contributed by atoms with Crippen molar-refractivity contribution in [2.75, 3.05) is 12.8 Å². The average Bonchev–Trinajstić information content (AvgIpc) is 2.84. The second-order valence-electron chi connectivity index (χ2n) is 5.22. The number of nitrogens with zero attached hydrogens (tertiary/aromatic N) is 1. The lowest BCUT2D eigenvalue weighted by Crippen LogP contribution is -2.03. The third kappa shape index (κ3) is 2.81. The molecule has 0 fully saturated rings. The molecule has 2 aromatic heterocycles. The molecule has 0 saturated heterocycles. The fraction of sp³-hybridized carbons (Fsp3) is 0.176. The number of halogens is 1. The molecule has 6 heteroatoms. The van der Waals surface area contributed by atoms with Crippen LogP contribution in [0.15, 0.2) is 34.7 Å². The van der Waals surface area contributed by atoms with E-state index in [2.05, 4.69) is 4.98 Å². The van der Waals surface area contributed by atoms with E-state index in [4.69, 9.17) is 26.5 Å². The summed E-state index contributed by atoms with van der Waals surface area (Å²) < 4.78 is 10.8. The van der Waals surface area contributed by atoms with Crippen LogP contribution in [-0.2, 0) is 11.3 Å². The lowest BCUT2D eigenvalue weighted by atomic mass is 10.1. The number of carbonyl (C=O) groups is 1. The maximum Gasteiger partial charge on any atom is 0.230 e. The number of pyridine rings is 1. The molecule has 0 aliphatic rings. The van der Waals surface area contributed by atoms with E-state index < -0.39 is 0 Å². The number of methoxy groups -OCH3 is 1. The molecule has 2 N–H and O–H groups in total. The van der Waals surface area contributed by atoms with Crippen LogP contribution in [0.5, 0.6) is 0 Å². The van der Waals surface area contributed by atoms with Crippen LogP contribution >= 0.6 is 11.6 Å². The van der Waals surface area contributed by atoms with Gasteiger partial charge in [0.1, 0.15) is 0 Å².